The summed E-state index contributed by atoms with van der Waals surface area (Å²) >= 11 is 0. The standard InChI is InChI=1S/C20H25N3O2/c1-15-4-6-16(7-5-15)14-22-20(25)18-10-8-17(9-11-18)19(24)21-12-13-23(2)3/h4-11H,12-14H2,1-3H3,(H,21,24)(H,22,25). The molecule has 0 spiro atoms. The second-order valence-corrected chi connectivity index (χ2v) is 6.30. The Hall–Kier alpha value is -2.66. The van der Waals surface area contributed by atoms with Crippen LogP contribution in [0, 0.1) is 6.92 Å². The molecular formula is C20H25N3O2. The normalized spacial score (nSPS) is 10.6. The lowest BCUT2D eigenvalue weighted by Crippen LogP contribution is -2.31. The highest BCUT2D eigenvalue weighted by Gasteiger charge is 2.08. The van der Waals surface area contributed by atoms with Gasteiger partial charge in [0.15, 0.2) is 0 Å². The average molecular weight is 339 g/mol. The Kier molecular flexibility index (Phi) is 6.71. The molecule has 0 saturated carbocycles. The number of rotatable bonds is 7. The van der Waals surface area contributed by atoms with Gasteiger partial charge in [-0.3, -0.25) is 9.59 Å². The van der Waals surface area contributed by atoms with Crippen LogP contribution in [0.4, 0.5) is 0 Å². The van der Waals surface area contributed by atoms with Crippen LogP contribution in [0.1, 0.15) is 31.8 Å². The van der Waals surface area contributed by atoms with Gasteiger partial charge in [-0.15, -0.1) is 0 Å². The van der Waals surface area contributed by atoms with Crippen LogP contribution >= 0.6 is 0 Å². The lowest BCUT2D eigenvalue weighted by molar-refractivity contribution is 0.0939. The van der Waals surface area contributed by atoms with E-state index in [0.29, 0.717) is 24.2 Å². The fraction of sp³-hybridized carbons (Fsp3) is 0.300. The quantitative estimate of drug-likeness (QED) is 0.813. The average Bonchev–Trinajstić information content (AvgIpc) is 2.60. The number of amides is 2. The summed E-state index contributed by atoms with van der Waals surface area (Å²) < 4.78 is 0. The molecule has 0 saturated heterocycles. The van der Waals surface area contributed by atoms with Crippen LogP contribution in [-0.4, -0.2) is 43.9 Å². The van der Waals surface area contributed by atoms with Crippen LogP contribution in [0.3, 0.4) is 0 Å². The van der Waals surface area contributed by atoms with Gasteiger partial charge < -0.3 is 15.5 Å². The molecule has 2 N–H and O–H groups in total. The second-order valence-electron chi connectivity index (χ2n) is 6.30. The summed E-state index contributed by atoms with van der Waals surface area (Å²) in [6, 6.07) is 14.7. The van der Waals surface area contributed by atoms with Crippen LogP contribution in [0.15, 0.2) is 48.5 Å². The molecule has 25 heavy (non-hydrogen) atoms. The Balaban J connectivity index is 1.86. The summed E-state index contributed by atoms with van der Waals surface area (Å²) in [6.07, 6.45) is 0. The number of hydrogen-bond donors (Lipinski definition) is 2. The molecule has 0 aliphatic rings. The lowest BCUT2D eigenvalue weighted by atomic mass is 10.1. The molecule has 132 valence electrons. The number of carbonyl (C=O) groups is 2. The number of nitrogens with zero attached hydrogens (tertiary/aromatic N) is 1. The molecule has 0 unspecified atom stereocenters. The van der Waals surface area contributed by atoms with E-state index in [4.69, 9.17) is 0 Å². The van der Waals surface area contributed by atoms with Gasteiger partial charge in [0.2, 0.25) is 0 Å². The van der Waals surface area contributed by atoms with Crippen LogP contribution < -0.4 is 10.6 Å². The lowest BCUT2D eigenvalue weighted by Gasteiger charge is -2.10. The van der Waals surface area contributed by atoms with Gasteiger partial charge in [-0.05, 0) is 50.8 Å². The fourth-order valence-corrected chi connectivity index (χ4v) is 2.26. The van der Waals surface area contributed by atoms with E-state index in [-0.39, 0.29) is 11.8 Å². The summed E-state index contributed by atoms with van der Waals surface area (Å²) in [5, 5.41) is 5.73. The van der Waals surface area contributed by atoms with Gasteiger partial charge in [0.05, 0.1) is 0 Å². The molecule has 0 aromatic heterocycles. The first-order chi connectivity index (χ1) is 12.0. The number of aryl methyl sites for hydroxylation is 1. The Labute approximate surface area is 149 Å². The second kappa shape index (κ2) is 8.99. The Morgan fingerprint density at radius 3 is 1.88 bits per heavy atom. The van der Waals surface area contributed by atoms with Crippen molar-refractivity contribution >= 4 is 11.8 Å². The Bertz CT molecular complexity index is 707. The van der Waals surface area contributed by atoms with Crippen LogP contribution in [0.2, 0.25) is 0 Å². The van der Waals surface area contributed by atoms with Crippen molar-refractivity contribution in [1.82, 2.24) is 15.5 Å². The minimum absolute atomic E-state index is 0.131. The number of carbonyl (C=O) groups excluding carboxylic acids is 2. The summed E-state index contributed by atoms with van der Waals surface area (Å²) in [5.41, 5.74) is 3.33. The zero-order valence-corrected chi connectivity index (χ0v) is 15.0. The zero-order valence-electron chi connectivity index (χ0n) is 15.0. The number of likely N-dealkylation sites (N-methyl/N-ethyl adjacent to an activating group) is 1. The first-order valence-corrected chi connectivity index (χ1v) is 8.32. The minimum Gasteiger partial charge on any atom is -0.351 e. The third kappa shape index (κ3) is 6.04. The van der Waals surface area contributed by atoms with E-state index in [1.54, 1.807) is 24.3 Å². The first-order valence-electron chi connectivity index (χ1n) is 8.32. The van der Waals surface area contributed by atoms with Crippen molar-refractivity contribution in [1.29, 1.82) is 0 Å². The molecule has 0 atom stereocenters. The molecule has 0 radical (unpaired) electrons. The van der Waals surface area contributed by atoms with Crippen molar-refractivity contribution in [2.24, 2.45) is 0 Å². The maximum Gasteiger partial charge on any atom is 0.251 e. The van der Waals surface area contributed by atoms with Crippen molar-refractivity contribution in [3.8, 4) is 0 Å². The molecule has 2 aromatic rings. The van der Waals surface area contributed by atoms with Crippen molar-refractivity contribution in [2.45, 2.75) is 13.5 Å². The molecular weight excluding hydrogens is 314 g/mol. The van der Waals surface area contributed by atoms with Crippen molar-refractivity contribution < 1.29 is 9.59 Å². The molecule has 5 nitrogen and oxygen atoms in total. The van der Waals surface area contributed by atoms with Crippen LogP contribution in [-0.2, 0) is 6.54 Å². The van der Waals surface area contributed by atoms with E-state index < -0.39 is 0 Å². The molecule has 2 amide bonds. The third-order valence-electron chi connectivity index (χ3n) is 3.83. The molecule has 0 aliphatic heterocycles. The van der Waals surface area contributed by atoms with Crippen LogP contribution in [0.25, 0.3) is 0 Å². The summed E-state index contributed by atoms with van der Waals surface area (Å²) in [5.74, 6) is -0.284. The summed E-state index contributed by atoms with van der Waals surface area (Å²) in [4.78, 5) is 26.2. The highest BCUT2D eigenvalue weighted by Crippen LogP contribution is 2.06. The maximum atomic E-state index is 12.2. The number of benzene rings is 2. The molecule has 0 fully saturated rings. The van der Waals surface area contributed by atoms with Gasteiger partial charge in [0, 0.05) is 30.8 Å². The van der Waals surface area contributed by atoms with Gasteiger partial charge in [0.25, 0.3) is 11.8 Å². The molecule has 0 bridgehead atoms. The summed E-state index contributed by atoms with van der Waals surface area (Å²) in [6.45, 7) is 3.88. The smallest absolute Gasteiger partial charge is 0.251 e. The van der Waals surface area contributed by atoms with Gasteiger partial charge in [-0.2, -0.15) is 0 Å². The monoisotopic (exact) mass is 339 g/mol. The van der Waals surface area contributed by atoms with Crippen LogP contribution in [0.5, 0.6) is 0 Å². The third-order valence-corrected chi connectivity index (χ3v) is 3.83. The highest BCUT2D eigenvalue weighted by atomic mass is 16.2. The van der Waals surface area contributed by atoms with E-state index in [9.17, 15) is 9.59 Å². The fourth-order valence-electron chi connectivity index (χ4n) is 2.26. The predicted molar refractivity (Wildman–Crippen MR) is 99.7 cm³/mol. The molecule has 5 heteroatoms. The van der Waals surface area contributed by atoms with E-state index >= 15 is 0 Å². The topological polar surface area (TPSA) is 61.4 Å². The van der Waals surface area contributed by atoms with Gasteiger partial charge in [-0.1, -0.05) is 29.8 Å². The minimum atomic E-state index is -0.153. The van der Waals surface area contributed by atoms with Crippen molar-refractivity contribution in [2.75, 3.05) is 27.2 Å². The zero-order chi connectivity index (χ0) is 18.2. The SMILES string of the molecule is Cc1ccc(CNC(=O)c2ccc(C(=O)NCCN(C)C)cc2)cc1. The van der Waals surface area contributed by atoms with E-state index in [2.05, 4.69) is 10.6 Å². The van der Waals surface area contributed by atoms with E-state index in [1.807, 2.05) is 50.2 Å². The van der Waals surface area contributed by atoms with Crippen molar-refractivity contribution in [3.05, 3.63) is 70.8 Å². The maximum absolute atomic E-state index is 12.2. The van der Waals surface area contributed by atoms with Crippen molar-refractivity contribution in [3.63, 3.8) is 0 Å². The first kappa shape index (κ1) is 18.7. The summed E-state index contributed by atoms with van der Waals surface area (Å²) in [7, 11) is 3.91. The Morgan fingerprint density at radius 2 is 1.36 bits per heavy atom. The molecule has 2 rings (SSSR count). The largest absolute Gasteiger partial charge is 0.351 e. The molecule has 2 aromatic carbocycles. The molecule has 0 heterocycles. The van der Waals surface area contributed by atoms with Gasteiger partial charge in [0.1, 0.15) is 0 Å². The number of nitrogens with one attached hydrogen (secondary N) is 2. The van der Waals surface area contributed by atoms with Gasteiger partial charge in [-0.25, -0.2) is 0 Å². The van der Waals surface area contributed by atoms with E-state index in [1.165, 1.54) is 5.56 Å². The number of hydrogen-bond acceptors (Lipinski definition) is 3. The van der Waals surface area contributed by atoms with E-state index in [0.717, 1.165) is 12.1 Å². The predicted octanol–water partition coefficient (Wildman–Crippen LogP) is 2.22. The Morgan fingerprint density at radius 1 is 0.840 bits per heavy atom. The highest BCUT2D eigenvalue weighted by molar-refractivity contribution is 5.97. The van der Waals surface area contributed by atoms with Gasteiger partial charge >= 0.3 is 0 Å². The molecule has 0 aliphatic carbocycles.